The minimum atomic E-state index is -3.91. The van der Waals surface area contributed by atoms with Crippen molar-refractivity contribution in [2.45, 2.75) is 16.7 Å². The van der Waals surface area contributed by atoms with E-state index in [4.69, 9.17) is 23.2 Å². The van der Waals surface area contributed by atoms with Crippen molar-refractivity contribution in [1.82, 2.24) is 0 Å². The molecule has 4 rings (SSSR count). The van der Waals surface area contributed by atoms with Gasteiger partial charge in [0.05, 0.1) is 26.1 Å². The highest BCUT2D eigenvalue weighted by atomic mass is 35.5. The zero-order chi connectivity index (χ0) is 27.5. The number of nitrogens with one attached hydrogen (secondary N) is 3. The molecule has 38 heavy (non-hydrogen) atoms. The molecule has 196 valence electrons. The highest BCUT2D eigenvalue weighted by molar-refractivity contribution is 7.93. The molecule has 0 aliphatic rings. The van der Waals surface area contributed by atoms with Crippen molar-refractivity contribution in [1.29, 1.82) is 0 Å². The molecule has 3 N–H and O–H groups in total. The summed E-state index contributed by atoms with van der Waals surface area (Å²) in [4.78, 5) is 12.9. The highest BCUT2D eigenvalue weighted by Gasteiger charge is 2.19. The molecule has 0 saturated carbocycles. The summed E-state index contributed by atoms with van der Waals surface area (Å²) in [6, 6.07) is 22.4. The van der Waals surface area contributed by atoms with Crippen LogP contribution in [-0.4, -0.2) is 22.7 Å². The fourth-order valence-corrected chi connectivity index (χ4v) is 5.99. The van der Waals surface area contributed by atoms with Gasteiger partial charge in [-0.2, -0.15) is 0 Å². The third-order valence-electron chi connectivity index (χ3n) is 5.45. The van der Waals surface area contributed by atoms with E-state index in [1.54, 1.807) is 43.3 Å². The van der Waals surface area contributed by atoms with Crippen LogP contribution in [0.2, 0.25) is 10.0 Å². The van der Waals surface area contributed by atoms with E-state index in [1.165, 1.54) is 54.6 Å². The summed E-state index contributed by atoms with van der Waals surface area (Å²) < 4.78 is 55.8. The van der Waals surface area contributed by atoms with Crippen LogP contribution in [0, 0.1) is 6.92 Å². The van der Waals surface area contributed by atoms with Gasteiger partial charge in [-0.1, -0.05) is 47.5 Å². The van der Waals surface area contributed by atoms with E-state index in [9.17, 15) is 21.6 Å². The molecule has 12 heteroatoms. The van der Waals surface area contributed by atoms with Gasteiger partial charge in [0, 0.05) is 16.4 Å². The Kier molecular flexibility index (Phi) is 7.98. The van der Waals surface area contributed by atoms with Crippen molar-refractivity contribution in [3.8, 4) is 0 Å². The first kappa shape index (κ1) is 27.5. The normalized spacial score (nSPS) is 11.6. The molecule has 1 amide bonds. The molecule has 0 aromatic heterocycles. The Morgan fingerprint density at radius 2 is 1.26 bits per heavy atom. The quantitative estimate of drug-likeness (QED) is 0.227. The molecule has 0 unspecified atom stereocenters. The maximum atomic E-state index is 12.9. The topological polar surface area (TPSA) is 121 Å². The lowest BCUT2D eigenvalue weighted by Crippen LogP contribution is -2.16. The van der Waals surface area contributed by atoms with Crippen molar-refractivity contribution in [2.75, 3.05) is 14.8 Å². The lowest BCUT2D eigenvalue weighted by Gasteiger charge is -2.13. The van der Waals surface area contributed by atoms with Crippen LogP contribution < -0.4 is 14.8 Å². The number of rotatable bonds is 8. The first-order valence-corrected chi connectivity index (χ1v) is 14.8. The van der Waals surface area contributed by atoms with Crippen LogP contribution in [-0.2, 0) is 20.0 Å². The standard InChI is InChI=1S/C26H21Cl2N3O5S2/c1-17-23(27)8-5-9-25(17)31-38(35,36)21-13-10-18(11-14-21)29-26(32)22-16-19(12-15-24(22)28)30-37(33,34)20-6-3-2-4-7-20/h2-16,30-31H,1H3,(H,29,32). The fourth-order valence-electron chi connectivity index (χ4n) is 3.41. The van der Waals surface area contributed by atoms with E-state index < -0.39 is 26.0 Å². The van der Waals surface area contributed by atoms with E-state index in [2.05, 4.69) is 14.8 Å². The van der Waals surface area contributed by atoms with Crippen molar-refractivity contribution in [3.05, 3.63) is 112 Å². The number of halogens is 2. The number of amides is 1. The van der Waals surface area contributed by atoms with Crippen LogP contribution in [0.25, 0.3) is 0 Å². The predicted molar refractivity (Wildman–Crippen MR) is 150 cm³/mol. The smallest absolute Gasteiger partial charge is 0.261 e. The third-order valence-corrected chi connectivity index (χ3v) is 8.97. The van der Waals surface area contributed by atoms with Gasteiger partial charge < -0.3 is 5.32 Å². The molecular weight excluding hydrogens is 569 g/mol. The SMILES string of the molecule is Cc1c(Cl)cccc1NS(=O)(=O)c1ccc(NC(=O)c2cc(NS(=O)(=O)c3ccccc3)ccc2Cl)cc1. The van der Waals surface area contributed by atoms with Crippen molar-refractivity contribution < 1.29 is 21.6 Å². The molecule has 0 spiro atoms. The van der Waals surface area contributed by atoms with Crippen molar-refractivity contribution in [3.63, 3.8) is 0 Å². The molecule has 0 radical (unpaired) electrons. The van der Waals surface area contributed by atoms with Gasteiger partial charge in [0.2, 0.25) is 0 Å². The van der Waals surface area contributed by atoms with Gasteiger partial charge in [-0.3, -0.25) is 14.2 Å². The second-order valence-electron chi connectivity index (χ2n) is 8.11. The van der Waals surface area contributed by atoms with E-state index >= 15 is 0 Å². The lowest BCUT2D eigenvalue weighted by molar-refractivity contribution is 0.102. The number of carbonyl (C=O) groups excluding carboxylic acids is 1. The summed E-state index contributed by atoms with van der Waals surface area (Å²) in [5.74, 6) is -0.612. The van der Waals surface area contributed by atoms with Gasteiger partial charge in [-0.05, 0) is 79.2 Å². The Hall–Kier alpha value is -3.57. The predicted octanol–water partition coefficient (Wildman–Crippen LogP) is 6.16. The molecular formula is C26H21Cl2N3O5S2. The Labute approximate surface area is 230 Å². The van der Waals surface area contributed by atoms with Gasteiger partial charge >= 0.3 is 0 Å². The van der Waals surface area contributed by atoms with E-state index in [1.807, 2.05) is 0 Å². The van der Waals surface area contributed by atoms with Gasteiger partial charge in [-0.15, -0.1) is 0 Å². The first-order valence-electron chi connectivity index (χ1n) is 11.0. The van der Waals surface area contributed by atoms with Crippen LogP contribution in [0.15, 0.2) is 101 Å². The zero-order valence-corrected chi connectivity index (χ0v) is 22.9. The second kappa shape index (κ2) is 11.0. The van der Waals surface area contributed by atoms with Crippen LogP contribution in [0.1, 0.15) is 15.9 Å². The average Bonchev–Trinajstić information content (AvgIpc) is 2.88. The molecule has 0 fully saturated rings. The Bertz CT molecular complexity index is 1710. The summed E-state index contributed by atoms with van der Waals surface area (Å²) in [6.07, 6.45) is 0. The molecule has 8 nitrogen and oxygen atoms in total. The molecule has 0 bridgehead atoms. The third kappa shape index (κ3) is 6.28. The summed E-state index contributed by atoms with van der Waals surface area (Å²) in [7, 11) is -7.78. The van der Waals surface area contributed by atoms with Crippen LogP contribution in [0.4, 0.5) is 17.1 Å². The van der Waals surface area contributed by atoms with Gasteiger partial charge in [0.1, 0.15) is 0 Å². The van der Waals surface area contributed by atoms with Crippen molar-refractivity contribution in [2.24, 2.45) is 0 Å². The first-order chi connectivity index (χ1) is 18.0. The second-order valence-corrected chi connectivity index (χ2v) is 12.3. The average molecular weight is 591 g/mol. The molecule has 0 atom stereocenters. The van der Waals surface area contributed by atoms with Gasteiger partial charge in [-0.25, -0.2) is 16.8 Å². The molecule has 0 saturated heterocycles. The summed E-state index contributed by atoms with van der Waals surface area (Å²) in [6.45, 7) is 1.70. The maximum Gasteiger partial charge on any atom is 0.261 e. The van der Waals surface area contributed by atoms with Gasteiger partial charge in [0.15, 0.2) is 0 Å². The Balaban J connectivity index is 1.49. The fraction of sp³-hybridized carbons (Fsp3) is 0.0385. The van der Waals surface area contributed by atoms with Crippen LogP contribution in [0.3, 0.4) is 0 Å². The monoisotopic (exact) mass is 589 g/mol. The summed E-state index contributed by atoms with van der Waals surface area (Å²) in [5, 5.41) is 3.16. The number of hydrogen-bond donors (Lipinski definition) is 3. The Morgan fingerprint density at radius 3 is 1.95 bits per heavy atom. The molecule has 0 aliphatic heterocycles. The number of benzene rings is 4. The number of sulfonamides is 2. The number of hydrogen-bond acceptors (Lipinski definition) is 5. The van der Waals surface area contributed by atoms with E-state index in [0.29, 0.717) is 22.0 Å². The number of anilines is 3. The molecule has 0 aliphatic carbocycles. The minimum absolute atomic E-state index is 0.0229. The maximum absolute atomic E-state index is 12.9. The van der Waals surface area contributed by atoms with E-state index in [-0.39, 0.29) is 26.1 Å². The van der Waals surface area contributed by atoms with E-state index in [0.717, 1.165) is 0 Å². The minimum Gasteiger partial charge on any atom is -0.322 e. The molecule has 4 aromatic rings. The largest absolute Gasteiger partial charge is 0.322 e. The summed E-state index contributed by atoms with van der Waals surface area (Å²) >= 11 is 12.3. The van der Waals surface area contributed by atoms with Crippen LogP contribution >= 0.6 is 23.2 Å². The summed E-state index contributed by atoms with van der Waals surface area (Å²) in [5.41, 5.74) is 1.42. The number of carbonyl (C=O) groups is 1. The highest BCUT2D eigenvalue weighted by Crippen LogP contribution is 2.27. The molecule has 4 aromatic carbocycles. The molecule has 0 heterocycles. The van der Waals surface area contributed by atoms with Crippen molar-refractivity contribution >= 4 is 66.2 Å². The Morgan fingerprint density at radius 1 is 0.658 bits per heavy atom. The lowest BCUT2D eigenvalue weighted by atomic mass is 10.2. The van der Waals surface area contributed by atoms with Gasteiger partial charge in [0.25, 0.3) is 26.0 Å². The van der Waals surface area contributed by atoms with Crippen LogP contribution in [0.5, 0.6) is 0 Å². The zero-order valence-electron chi connectivity index (χ0n) is 19.8.